The molecular formula is C20H23N7O2. The van der Waals surface area contributed by atoms with Gasteiger partial charge in [-0.1, -0.05) is 30.3 Å². The third kappa shape index (κ3) is 5.55. The molecule has 0 fully saturated rings. The Morgan fingerprint density at radius 1 is 1.07 bits per heavy atom. The van der Waals surface area contributed by atoms with Crippen molar-refractivity contribution in [2.24, 2.45) is 5.10 Å². The Labute approximate surface area is 169 Å². The van der Waals surface area contributed by atoms with E-state index in [1.807, 2.05) is 44.4 Å². The van der Waals surface area contributed by atoms with E-state index in [9.17, 15) is 5.11 Å². The summed E-state index contributed by atoms with van der Waals surface area (Å²) in [6.45, 7) is 0.591. The van der Waals surface area contributed by atoms with Gasteiger partial charge in [-0.25, -0.2) is 5.43 Å². The third-order valence-electron chi connectivity index (χ3n) is 3.90. The maximum atomic E-state index is 9.66. The van der Waals surface area contributed by atoms with E-state index < -0.39 is 0 Å². The fourth-order valence-electron chi connectivity index (χ4n) is 2.41. The van der Waals surface area contributed by atoms with Gasteiger partial charge >= 0.3 is 0 Å². The number of rotatable bonds is 8. The van der Waals surface area contributed by atoms with Crippen molar-refractivity contribution in [2.75, 3.05) is 36.8 Å². The first kappa shape index (κ1) is 19.9. The number of nitrogens with one attached hydrogen (secondary N) is 2. The van der Waals surface area contributed by atoms with Crippen LogP contribution in [0.25, 0.3) is 0 Å². The fourth-order valence-corrected chi connectivity index (χ4v) is 2.41. The molecule has 3 aromatic rings. The number of anilines is 3. The SMILES string of the molecule is COc1cc(/C=N\Nc2nc(NCc3ccccc3)nc(N(C)C)n2)ccc1O. The van der Waals surface area contributed by atoms with Crippen LogP contribution in [0.5, 0.6) is 11.5 Å². The largest absolute Gasteiger partial charge is 0.504 e. The third-order valence-corrected chi connectivity index (χ3v) is 3.90. The van der Waals surface area contributed by atoms with Gasteiger partial charge in [0, 0.05) is 20.6 Å². The Balaban J connectivity index is 1.73. The number of benzene rings is 2. The molecule has 1 aromatic heterocycles. The Bertz CT molecular complexity index is 978. The number of ether oxygens (including phenoxy) is 1. The summed E-state index contributed by atoms with van der Waals surface area (Å²) in [6, 6.07) is 14.9. The minimum Gasteiger partial charge on any atom is -0.504 e. The highest BCUT2D eigenvalue weighted by Gasteiger charge is 2.08. The molecule has 0 spiro atoms. The van der Waals surface area contributed by atoms with Crippen molar-refractivity contribution >= 4 is 24.1 Å². The Morgan fingerprint density at radius 3 is 2.55 bits per heavy atom. The zero-order valence-electron chi connectivity index (χ0n) is 16.5. The Hall–Kier alpha value is -3.88. The molecule has 0 bridgehead atoms. The van der Waals surface area contributed by atoms with Crippen molar-refractivity contribution < 1.29 is 9.84 Å². The van der Waals surface area contributed by atoms with E-state index in [4.69, 9.17) is 4.74 Å². The van der Waals surface area contributed by atoms with E-state index in [0.717, 1.165) is 11.1 Å². The molecule has 0 atom stereocenters. The molecule has 0 saturated heterocycles. The summed E-state index contributed by atoms with van der Waals surface area (Å²) in [5.41, 5.74) is 4.68. The molecular weight excluding hydrogens is 370 g/mol. The summed E-state index contributed by atoms with van der Waals surface area (Å²) in [6.07, 6.45) is 1.58. The molecule has 3 rings (SSSR count). The number of hydrazone groups is 1. The lowest BCUT2D eigenvalue weighted by molar-refractivity contribution is 0.373. The van der Waals surface area contributed by atoms with Crippen molar-refractivity contribution in [1.29, 1.82) is 0 Å². The lowest BCUT2D eigenvalue weighted by Gasteiger charge is -2.13. The number of hydrogen-bond acceptors (Lipinski definition) is 9. The van der Waals surface area contributed by atoms with Gasteiger partial charge < -0.3 is 20.1 Å². The average molecular weight is 393 g/mol. The maximum Gasteiger partial charge on any atom is 0.250 e. The molecule has 2 aromatic carbocycles. The summed E-state index contributed by atoms with van der Waals surface area (Å²) >= 11 is 0. The quantitative estimate of drug-likeness (QED) is 0.396. The minimum absolute atomic E-state index is 0.0693. The maximum absolute atomic E-state index is 9.66. The number of phenols is 1. The van der Waals surface area contributed by atoms with Crippen LogP contribution >= 0.6 is 0 Å². The van der Waals surface area contributed by atoms with Gasteiger partial charge in [0.05, 0.1) is 13.3 Å². The highest BCUT2D eigenvalue weighted by molar-refractivity contribution is 5.81. The summed E-state index contributed by atoms with van der Waals surface area (Å²) in [7, 11) is 5.20. The van der Waals surface area contributed by atoms with Crippen LogP contribution in [0.15, 0.2) is 53.6 Å². The van der Waals surface area contributed by atoms with Crippen molar-refractivity contribution in [2.45, 2.75) is 6.54 Å². The number of aromatic nitrogens is 3. The first-order chi connectivity index (χ1) is 14.0. The van der Waals surface area contributed by atoms with E-state index in [-0.39, 0.29) is 5.75 Å². The smallest absolute Gasteiger partial charge is 0.250 e. The molecule has 29 heavy (non-hydrogen) atoms. The first-order valence-corrected chi connectivity index (χ1v) is 8.92. The molecule has 3 N–H and O–H groups in total. The molecule has 1 heterocycles. The topological polar surface area (TPSA) is 108 Å². The summed E-state index contributed by atoms with van der Waals surface area (Å²) in [5.74, 6) is 1.69. The van der Waals surface area contributed by atoms with Gasteiger partial charge in [-0.05, 0) is 29.3 Å². The summed E-state index contributed by atoms with van der Waals surface area (Å²) < 4.78 is 5.09. The van der Waals surface area contributed by atoms with E-state index in [0.29, 0.717) is 30.1 Å². The van der Waals surface area contributed by atoms with Gasteiger partial charge in [-0.2, -0.15) is 20.1 Å². The number of methoxy groups -OCH3 is 1. The molecule has 150 valence electrons. The van der Waals surface area contributed by atoms with Gasteiger partial charge in [0.25, 0.3) is 0 Å². The van der Waals surface area contributed by atoms with Crippen LogP contribution in [0, 0.1) is 0 Å². The molecule has 0 aliphatic heterocycles. The van der Waals surface area contributed by atoms with E-state index in [2.05, 4.69) is 30.8 Å². The number of aromatic hydroxyl groups is 1. The minimum atomic E-state index is 0.0693. The molecule has 0 radical (unpaired) electrons. The second kappa shape index (κ2) is 9.36. The van der Waals surface area contributed by atoms with Crippen molar-refractivity contribution in [1.82, 2.24) is 15.0 Å². The zero-order chi connectivity index (χ0) is 20.6. The zero-order valence-corrected chi connectivity index (χ0v) is 16.5. The van der Waals surface area contributed by atoms with Crippen molar-refractivity contribution in [3.63, 3.8) is 0 Å². The molecule has 9 heteroatoms. The van der Waals surface area contributed by atoms with E-state index in [1.165, 1.54) is 7.11 Å². The van der Waals surface area contributed by atoms with Gasteiger partial charge in [0.1, 0.15) is 0 Å². The highest BCUT2D eigenvalue weighted by Crippen LogP contribution is 2.25. The number of phenolic OH excluding ortho intramolecular Hbond substituents is 1. The van der Waals surface area contributed by atoms with Crippen LogP contribution in [-0.4, -0.2) is 47.5 Å². The molecule has 0 saturated carbocycles. The van der Waals surface area contributed by atoms with Gasteiger partial charge in [-0.15, -0.1) is 0 Å². The molecule has 0 amide bonds. The predicted octanol–water partition coefficient (Wildman–Crippen LogP) is 2.71. The van der Waals surface area contributed by atoms with Gasteiger partial charge in [-0.3, -0.25) is 0 Å². The van der Waals surface area contributed by atoms with Crippen LogP contribution in [0.4, 0.5) is 17.8 Å². The summed E-state index contributed by atoms with van der Waals surface area (Å²) in [5, 5.41) is 17.0. The van der Waals surface area contributed by atoms with Gasteiger partial charge in [0.2, 0.25) is 17.8 Å². The van der Waals surface area contributed by atoms with Crippen LogP contribution in [-0.2, 0) is 6.54 Å². The summed E-state index contributed by atoms with van der Waals surface area (Å²) in [4.78, 5) is 14.9. The highest BCUT2D eigenvalue weighted by atomic mass is 16.5. The van der Waals surface area contributed by atoms with Crippen LogP contribution in [0.2, 0.25) is 0 Å². The lowest BCUT2D eigenvalue weighted by atomic mass is 10.2. The molecule has 0 unspecified atom stereocenters. The second-order valence-electron chi connectivity index (χ2n) is 6.32. The fraction of sp³-hybridized carbons (Fsp3) is 0.200. The number of nitrogens with zero attached hydrogens (tertiary/aromatic N) is 5. The average Bonchev–Trinajstić information content (AvgIpc) is 2.74. The Kier molecular flexibility index (Phi) is 6.41. The van der Waals surface area contributed by atoms with Crippen LogP contribution < -0.4 is 20.4 Å². The van der Waals surface area contributed by atoms with Crippen molar-refractivity contribution in [3.05, 3.63) is 59.7 Å². The molecule has 0 aliphatic rings. The van der Waals surface area contributed by atoms with Crippen LogP contribution in [0.1, 0.15) is 11.1 Å². The predicted molar refractivity (Wildman–Crippen MR) is 114 cm³/mol. The number of hydrogen-bond donors (Lipinski definition) is 3. The van der Waals surface area contributed by atoms with Gasteiger partial charge in [0.15, 0.2) is 11.5 Å². The van der Waals surface area contributed by atoms with E-state index in [1.54, 1.807) is 29.3 Å². The molecule has 0 aliphatic carbocycles. The van der Waals surface area contributed by atoms with Crippen LogP contribution in [0.3, 0.4) is 0 Å². The lowest BCUT2D eigenvalue weighted by Crippen LogP contribution is -2.16. The monoisotopic (exact) mass is 393 g/mol. The normalized spacial score (nSPS) is 10.7. The Morgan fingerprint density at radius 2 is 1.83 bits per heavy atom. The molecule has 9 nitrogen and oxygen atoms in total. The van der Waals surface area contributed by atoms with E-state index >= 15 is 0 Å². The standard InChI is InChI=1S/C20H23N7O2/c1-27(2)20-24-18(21-12-14-7-5-4-6-8-14)23-19(25-20)26-22-13-15-9-10-16(28)17(11-15)29-3/h4-11,13,28H,12H2,1-3H3,(H2,21,23,24,25,26)/b22-13-. The second-order valence-corrected chi connectivity index (χ2v) is 6.32. The van der Waals surface area contributed by atoms with Crippen molar-refractivity contribution in [3.8, 4) is 11.5 Å². The first-order valence-electron chi connectivity index (χ1n) is 8.92.